The molecule has 4 amide bonds. The third kappa shape index (κ3) is 13.9. The molecule has 34 heavy (non-hydrogen) atoms. The van der Waals surface area contributed by atoms with E-state index in [2.05, 4.69) is 16.0 Å². The fraction of sp³-hybridized carbons (Fsp3) is 0.750. The minimum Gasteiger partial charge on any atom is -0.480 e. The van der Waals surface area contributed by atoms with Crippen LogP contribution >= 0.6 is 35.3 Å². The molecule has 0 aliphatic rings. The van der Waals surface area contributed by atoms with E-state index in [1.54, 1.807) is 0 Å². The van der Waals surface area contributed by atoms with Gasteiger partial charge in [0.05, 0.1) is 6.04 Å². The molecular weight excluding hydrogens is 502 g/mol. The van der Waals surface area contributed by atoms with Crippen LogP contribution in [0.4, 0.5) is 0 Å². The molecule has 0 fully saturated rings. The summed E-state index contributed by atoms with van der Waals surface area (Å²) in [6.07, 6.45) is 6.21. The molecule has 0 rings (SSSR count). The van der Waals surface area contributed by atoms with Gasteiger partial charge in [-0.05, 0) is 61.7 Å². The van der Waals surface area contributed by atoms with Crippen LogP contribution in [0.15, 0.2) is 0 Å². The van der Waals surface area contributed by atoms with E-state index in [4.69, 9.17) is 11.5 Å². The largest absolute Gasteiger partial charge is 0.480 e. The highest BCUT2D eigenvalue weighted by atomic mass is 32.2. The fourth-order valence-corrected chi connectivity index (χ4v) is 4.18. The Kier molecular flexibility index (Phi) is 17.8. The second-order valence-corrected chi connectivity index (χ2v) is 10.4. The summed E-state index contributed by atoms with van der Waals surface area (Å²) in [5, 5.41) is 17.0. The van der Waals surface area contributed by atoms with E-state index in [-0.39, 0.29) is 25.7 Å². The maximum absolute atomic E-state index is 13.0. The van der Waals surface area contributed by atoms with Gasteiger partial charge in [-0.15, -0.1) is 0 Å². The first-order valence-corrected chi connectivity index (χ1v) is 14.9. The van der Waals surface area contributed by atoms with Gasteiger partial charge in [0.2, 0.25) is 23.6 Å². The minimum absolute atomic E-state index is 0.0650. The van der Waals surface area contributed by atoms with Crippen LogP contribution in [0, 0.1) is 0 Å². The Morgan fingerprint density at radius 1 is 0.706 bits per heavy atom. The summed E-state index contributed by atoms with van der Waals surface area (Å²) in [5.74, 6) is -1.94. The smallest absolute Gasteiger partial charge is 0.326 e. The molecule has 0 heterocycles. The van der Waals surface area contributed by atoms with Crippen LogP contribution in [0.3, 0.4) is 0 Å². The molecule has 0 aliphatic heterocycles. The van der Waals surface area contributed by atoms with Crippen molar-refractivity contribution >= 4 is 64.9 Å². The van der Waals surface area contributed by atoms with Crippen LogP contribution in [-0.2, 0) is 24.0 Å². The highest BCUT2D eigenvalue weighted by molar-refractivity contribution is 7.98. The van der Waals surface area contributed by atoms with Crippen LogP contribution < -0.4 is 27.4 Å². The van der Waals surface area contributed by atoms with Gasteiger partial charge in [-0.25, -0.2) is 4.79 Å². The first-order chi connectivity index (χ1) is 16.1. The third-order valence-corrected chi connectivity index (χ3v) is 6.68. The Balaban J connectivity index is 5.43. The number of rotatable bonds is 19. The van der Waals surface area contributed by atoms with Gasteiger partial charge in [-0.2, -0.15) is 35.3 Å². The zero-order chi connectivity index (χ0) is 26.1. The number of carboxylic acids is 1. The Labute approximate surface area is 213 Å². The highest BCUT2D eigenvalue weighted by Crippen LogP contribution is 2.07. The lowest BCUT2D eigenvalue weighted by Gasteiger charge is -2.25. The number of hydrogen-bond acceptors (Lipinski definition) is 9. The van der Waals surface area contributed by atoms with Gasteiger partial charge >= 0.3 is 5.97 Å². The number of carbonyl (C=O) groups excluding carboxylic acids is 4. The molecule has 4 atom stereocenters. The first-order valence-electron chi connectivity index (χ1n) is 10.7. The average molecular weight is 540 g/mol. The third-order valence-electron chi connectivity index (χ3n) is 4.75. The quantitative estimate of drug-likeness (QED) is 0.123. The number of aliphatic carboxylic acids is 1. The highest BCUT2D eigenvalue weighted by Gasteiger charge is 2.30. The molecule has 0 saturated carbocycles. The van der Waals surface area contributed by atoms with Crippen molar-refractivity contribution in [3.05, 3.63) is 0 Å². The van der Waals surface area contributed by atoms with Crippen molar-refractivity contribution in [2.75, 3.05) is 36.0 Å². The normalized spacial score (nSPS) is 14.4. The SMILES string of the molecule is CSCCC(N)C(=O)NC(CCC(N)=O)C(=O)NC(CCSC)C(=O)NC(CCSC)C(=O)O. The van der Waals surface area contributed by atoms with E-state index in [1.807, 2.05) is 18.8 Å². The van der Waals surface area contributed by atoms with Crippen molar-refractivity contribution in [1.29, 1.82) is 0 Å². The van der Waals surface area contributed by atoms with Gasteiger partial charge in [0, 0.05) is 6.42 Å². The van der Waals surface area contributed by atoms with Gasteiger partial charge in [0.15, 0.2) is 0 Å². The lowest BCUT2D eigenvalue weighted by Crippen LogP contribution is -2.57. The minimum atomic E-state index is -1.16. The van der Waals surface area contributed by atoms with E-state index in [0.717, 1.165) is 0 Å². The average Bonchev–Trinajstić information content (AvgIpc) is 2.79. The molecule has 0 saturated heterocycles. The Morgan fingerprint density at radius 3 is 1.59 bits per heavy atom. The monoisotopic (exact) mass is 539 g/mol. The van der Waals surface area contributed by atoms with Crippen molar-refractivity contribution in [3.8, 4) is 0 Å². The van der Waals surface area contributed by atoms with Gasteiger partial charge in [0.1, 0.15) is 18.1 Å². The second kappa shape index (κ2) is 18.7. The zero-order valence-corrected chi connectivity index (χ0v) is 22.3. The van der Waals surface area contributed by atoms with Gasteiger partial charge in [-0.1, -0.05) is 0 Å². The molecule has 0 aliphatic carbocycles. The second-order valence-electron chi connectivity index (χ2n) is 7.48. The summed E-state index contributed by atoms with van der Waals surface area (Å²) in [6, 6.07) is -4.07. The van der Waals surface area contributed by atoms with E-state index in [9.17, 15) is 29.1 Å². The lowest BCUT2D eigenvalue weighted by molar-refractivity contribution is -0.142. The molecule has 0 aromatic rings. The van der Waals surface area contributed by atoms with Crippen LogP contribution in [-0.4, -0.2) is 94.9 Å². The number of amides is 4. The number of nitrogens with one attached hydrogen (secondary N) is 3. The Morgan fingerprint density at radius 2 is 1.12 bits per heavy atom. The molecule has 196 valence electrons. The maximum Gasteiger partial charge on any atom is 0.326 e. The molecule has 0 aromatic heterocycles. The van der Waals surface area contributed by atoms with Crippen molar-refractivity contribution < 1.29 is 29.1 Å². The fourth-order valence-electron chi connectivity index (χ4n) is 2.75. The molecule has 11 nitrogen and oxygen atoms in total. The van der Waals surface area contributed by atoms with Gasteiger partial charge < -0.3 is 32.5 Å². The van der Waals surface area contributed by atoms with E-state index < -0.39 is 53.8 Å². The molecule has 8 N–H and O–H groups in total. The van der Waals surface area contributed by atoms with E-state index in [1.165, 1.54) is 35.3 Å². The first kappa shape index (κ1) is 32.4. The predicted octanol–water partition coefficient (Wildman–Crippen LogP) is -0.622. The van der Waals surface area contributed by atoms with Crippen LogP contribution in [0.1, 0.15) is 32.1 Å². The van der Waals surface area contributed by atoms with Crippen molar-refractivity contribution in [2.45, 2.75) is 56.3 Å². The molecule has 0 radical (unpaired) electrons. The molecule has 0 aromatic carbocycles. The standard InChI is InChI=1S/C20H37N5O6S3/c1-32-9-6-12(21)17(27)23-13(4-5-16(22)26)18(28)24-14(7-10-33-2)19(29)25-15(20(30)31)8-11-34-3/h12-15H,4-11,21H2,1-3H3,(H2,22,26)(H,23,27)(H,24,28)(H,25,29)(H,30,31). The number of nitrogens with two attached hydrogens (primary N) is 2. The zero-order valence-electron chi connectivity index (χ0n) is 19.8. The Bertz CT molecular complexity index is 685. The summed E-state index contributed by atoms with van der Waals surface area (Å²) >= 11 is 4.44. The molecule has 0 spiro atoms. The van der Waals surface area contributed by atoms with Crippen molar-refractivity contribution in [3.63, 3.8) is 0 Å². The van der Waals surface area contributed by atoms with Crippen LogP contribution in [0.5, 0.6) is 0 Å². The Hall–Kier alpha value is -1.64. The summed E-state index contributed by atoms with van der Waals surface area (Å²) in [7, 11) is 0. The number of thioether (sulfide) groups is 3. The van der Waals surface area contributed by atoms with Crippen LogP contribution in [0.2, 0.25) is 0 Å². The topological polar surface area (TPSA) is 194 Å². The van der Waals surface area contributed by atoms with Gasteiger partial charge in [0.25, 0.3) is 0 Å². The maximum atomic E-state index is 13.0. The number of primary amides is 1. The molecule has 4 unspecified atom stereocenters. The molecule has 14 heteroatoms. The molecule has 0 bridgehead atoms. The number of hydrogen-bond donors (Lipinski definition) is 6. The van der Waals surface area contributed by atoms with Crippen molar-refractivity contribution in [1.82, 2.24) is 16.0 Å². The lowest BCUT2D eigenvalue weighted by atomic mass is 10.1. The number of carbonyl (C=O) groups is 5. The summed E-state index contributed by atoms with van der Waals surface area (Å²) in [4.78, 5) is 61.0. The molecular formula is C20H37N5O6S3. The van der Waals surface area contributed by atoms with Crippen molar-refractivity contribution in [2.24, 2.45) is 11.5 Å². The summed E-state index contributed by atoms with van der Waals surface area (Å²) < 4.78 is 0. The predicted molar refractivity (Wildman–Crippen MR) is 139 cm³/mol. The van der Waals surface area contributed by atoms with E-state index in [0.29, 0.717) is 23.7 Å². The van der Waals surface area contributed by atoms with Crippen LogP contribution in [0.25, 0.3) is 0 Å². The summed E-state index contributed by atoms with van der Waals surface area (Å²) in [6.45, 7) is 0. The number of carboxylic acid groups (broad SMARTS) is 1. The summed E-state index contributed by atoms with van der Waals surface area (Å²) in [5.41, 5.74) is 11.1. The van der Waals surface area contributed by atoms with E-state index >= 15 is 0 Å². The van der Waals surface area contributed by atoms with Gasteiger partial charge in [-0.3, -0.25) is 19.2 Å².